The number of nitro benzene ring substituents is 1. The fourth-order valence-electron chi connectivity index (χ4n) is 1.89. The number of nitro groups is 1. The van der Waals surface area contributed by atoms with Gasteiger partial charge in [0, 0.05) is 12.1 Å². The first-order valence-electron chi connectivity index (χ1n) is 6.58. The number of benzene rings is 2. The summed E-state index contributed by atoms with van der Waals surface area (Å²) in [6, 6.07) is 12.4. The maximum absolute atomic E-state index is 12.0. The zero-order valence-corrected chi connectivity index (χ0v) is 12.7. The molecule has 0 saturated carbocycles. The van der Waals surface area contributed by atoms with Gasteiger partial charge in [-0.05, 0) is 36.6 Å². The highest BCUT2D eigenvalue weighted by molar-refractivity contribution is 7.86. The van der Waals surface area contributed by atoms with Gasteiger partial charge in [-0.25, -0.2) is 0 Å². The van der Waals surface area contributed by atoms with Crippen LogP contribution in [-0.4, -0.2) is 19.9 Å². The van der Waals surface area contributed by atoms with Gasteiger partial charge in [0.2, 0.25) is 0 Å². The standard InChI is InChI=1S/C15H15NO5S/c1-12-3-2-4-15(11-12)22(19,20)21-10-9-13-5-7-14(8-6-13)16(17)18/h2-8,11H,9-10H2,1H3. The predicted octanol–water partition coefficient (Wildman–Crippen LogP) is 2.85. The first-order valence-corrected chi connectivity index (χ1v) is 7.99. The zero-order chi connectivity index (χ0) is 16.2. The van der Waals surface area contributed by atoms with Gasteiger partial charge < -0.3 is 0 Å². The maximum atomic E-state index is 12.0. The first kappa shape index (κ1) is 16.1. The van der Waals surface area contributed by atoms with Crippen LogP contribution in [0.4, 0.5) is 5.69 Å². The minimum Gasteiger partial charge on any atom is -0.266 e. The molecule has 0 unspecified atom stereocenters. The average Bonchev–Trinajstić information content (AvgIpc) is 2.47. The Labute approximate surface area is 128 Å². The molecular formula is C15H15NO5S. The molecule has 116 valence electrons. The minimum absolute atomic E-state index is 0.00273. The van der Waals surface area contributed by atoms with E-state index in [1.165, 1.54) is 18.2 Å². The van der Waals surface area contributed by atoms with Gasteiger partial charge in [-0.3, -0.25) is 14.3 Å². The second kappa shape index (κ2) is 6.67. The van der Waals surface area contributed by atoms with Crippen molar-refractivity contribution < 1.29 is 17.5 Å². The van der Waals surface area contributed by atoms with E-state index in [1.54, 1.807) is 37.3 Å². The second-order valence-corrected chi connectivity index (χ2v) is 6.38. The lowest BCUT2D eigenvalue weighted by Gasteiger charge is -2.06. The topological polar surface area (TPSA) is 86.5 Å². The molecule has 6 nitrogen and oxygen atoms in total. The molecule has 2 aromatic carbocycles. The van der Waals surface area contributed by atoms with Crippen LogP contribution in [0, 0.1) is 17.0 Å². The minimum atomic E-state index is -3.78. The largest absolute Gasteiger partial charge is 0.296 e. The van der Waals surface area contributed by atoms with Crippen molar-refractivity contribution >= 4 is 15.8 Å². The quantitative estimate of drug-likeness (QED) is 0.464. The summed E-state index contributed by atoms with van der Waals surface area (Å²) in [6.07, 6.45) is 0.350. The van der Waals surface area contributed by atoms with Crippen LogP contribution in [0.2, 0.25) is 0 Å². The molecule has 0 bridgehead atoms. The molecule has 22 heavy (non-hydrogen) atoms. The Kier molecular flexibility index (Phi) is 4.89. The van der Waals surface area contributed by atoms with Crippen molar-refractivity contribution in [3.63, 3.8) is 0 Å². The molecule has 0 aliphatic carbocycles. The lowest BCUT2D eigenvalue weighted by molar-refractivity contribution is -0.384. The SMILES string of the molecule is Cc1cccc(S(=O)(=O)OCCc2ccc([N+](=O)[O-])cc2)c1. The van der Waals surface area contributed by atoms with Gasteiger partial charge >= 0.3 is 0 Å². The normalized spacial score (nSPS) is 11.3. The molecule has 2 rings (SSSR count). The summed E-state index contributed by atoms with van der Waals surface area (Å²) < 4.78 is 29.0. The molecule has 0 fully saturated rings. The van der Waals surface area contributed by atoms with E-state index in [1.807, 2.05) is 0 Å². The molecule has 0 heterocycles. The maximum Gasteiger partial charge on any atom is 0.296 e. The molecule has 0 atom stereocenters. The number of nitrogens with zero attached hydrogens (tertiary/aromatic N) is 1. The summed E-state index contributed by atoms with van der Waals surface area (Å²) in [5.74, 6) is 0. The number of hydrogen-bond acceptors (Lipinski definition) is 5. The first-order chi connectivity index (χ1) is 10.4. The third-order valence-corrected chi connectivity index (χ3v) is 4.36. The van der Waals surface area contributed by atoms with Crippen molar-refractivity contribution in [1.29, 1.82) is 0 Å². The smallest absolute Gasteiger partial charge is 0.266 e. The highest BCUT2D eigenvalue weighted by Gasteiger charge is 2.15. The van der Waals surface area contributed by atoms with Crippen molar-refractivity contribution in [3.05, 3.63) is 69.8 Å². The number of rotatable bonds is 6. The molecule has 0 radical (unpaired) electrons. The molecule has 0 aromatic heterocycles. The van der Waals surface area contributed by atoms with Gasteiger partial charge in [-0.1, -0.05) is 24.3 Å². The van der Waals surface area contributed by atoms with Crippen molar-refractivity contribution in [3.8, 4) is 0 Å². The third-order valence-electron chi connectivity index (χ3n) is 3.05. The van der Waals surface area contributed by atoms with E-state index < -0.39 is 15.0 Å². The molecule has 2 aromatic rings. The molecule has 0 N–H and O–H groups in total. The third kappa shape index (κ3) is 4.12. The molecule has 7 heteroatoms. The lowest BCUT2D eigenvalue weighted by Crippen LogP contribution is -2.09. The predicted molar refractivity (Wildman–Crippen MR) is 81.1 cm³/mol. The second-order valence-electron chi connectivity index (χ2n) is 4.77. The Bertz CT molecular complexity index is 769. The highest BCUT2D eigenvalue weighted by atomic mass is 32.2. The van der Waals surface area contributed by atoms with E-state index in [0.29, 0.717) is 6.42 Å². The van der Waals surface area contributed by atoms with Crippen molar-refractivity contribution in [2.75, 3.05) is 6.61 Å². The number of non-ortho nitro benzene ring substituents is 1. The van der Waals surface area contributed by atoms with Crippen LogP contribution in [-0.2, 0) is 20.7 Å². The van der Waals surface area contributed by atoms with Gasteiger partial charge in [0.15, 0.2) is 0 Å². The molecule has 0 aliphatic rings. The summed E-state index contributed by atoms with van der Waals surface area (Å²) in [5, 5.41) is 10.5. The molecule has 0 amide bonds. The Morgan fingerprint density at radius 2 is 1.82 bits per heavy atom. The van der Waals surface area contributed by atoms with Crippen LogP contribution in [0.1, 0.15) is 11.1 Å². The van der Waals surface area contributed by atoms with Crippen LogP contribution in [0.3, 0.4) is 0 Å². The van der Waals surface area contributed by atoms with Crippen molar-refractivity contribution in [1.82, 2.24) is 0 Å². The summed E-state index contributed by atoms with van der Waals surface area (Å²) in [5.41, 5.74) is 1.60. The molecule has 0 spiro atoms. The summed E-state index contributed by atoms with van der Waals surface area (Å²) in [6.45, 7) is 1.78. The summed E-state index contributed by atoms with van der Waals surface area (Å²) in [7, 11) is -3.78. The van der Waals surface area contributed by atoms with Gasteiger partial charge in [-0.2, -0.15) is 8.42 Å². The summed E-state index contributed by atoms with van der Waals surface area (Å²) in [4.78, 5) is 10.2. The van der Waals surface area contributed by atoms with Gasteiger partial charge in [0.05, 0.1) is 16.4 Å². The van der Waals surface area contributed by atoms with E-state index in [9.17, 15) is 18.5 Å². The number of aryl methyl sites for hydroxylation is 1. The molecule has 0 aliphatic heterocycles. The van der Waals surface area contributed by atoms with Crippen LogP contribution in [0.25, 0.3) is 0 Å². The average molecular weight is 321 g/mol. The van der Waals surface area contributed by atoms with Crippen LogP contribution in [0.15, 0.2) is 53.4 Å². The Balaban J connectivity index is 1.96. The molecule has 0 saturated heterocycles. The Morgan fingerprint density at radius 3 is 2.41 bits per heavy atom. The van der Waals surface area contributed by atoms with E-state index in [2.05, 4.69) is 0 Å². The van der Waals surface area contributed by atoms with Crippen LogP contribution < -0.4 is 0 Å². The monoisotopic (exact) mass is 321 g/mol. The van der Waals surface area contributed by atoms with Crippen molar-refractivity contribution in [2.24, 2.45) is 0 Å². The van der Waals surface area contributed by atoms with E-state index in [0.717, 1.165) is 11.1 Å². The Morgan fingerprint density at radius 1 is 1.14 bits per heavy atom. The van der Waals surface area contributed by atoms with E-state index in [4.69, 9.17) is 4.18 Å². The van der Waals surface area contributed by atoms with Gasteiger partial charge in [-0.15, -0.1) is 0 Å². The lowest BCUT2D eigenvalue weighted by atomic mass is 10.1. The zero-order valence-electron chi connectivity index (χ0n) is 11.9. The fourth-order valence-corrected chi connectivity index (χ4v) is 2.91. The van der Waals surface area contributed by atoms with Crippen LogP contribution in [0.5, 0.6) is 0 Å². The van der Waals surface area contributed by atoms with Crippen LogP contribution >= 0.6 is 0 Å². The highest BCUT2D eigenvalue weighted by Crippen LogP contribution is 2.15. The Hall–Kier alpha value is -2.25. The van der Waals surface area contributed by atoms with Gasteiger partial charge in [0.1, 0.15) is 0 Å². The van der Waals surface area contributed by atoms with Crippen molar-refractivity contribution in [2.45, 2.75) is 18.2 Å². The summed E-state index contributed by atoms with van der Waals surface area (Å²) >= 11 is 0. The van der Waals surface area contributed by atoms with E-state index >= 15 is 0 Å². The molecular weight excluding hydrogens is 306 g/mol. The number of hydrogen-bond donors (Lipinski definition) is 0. The van der Waals surface area contributed by atoms with Gasteiger partial charge in [0.25, 0.3) is 15.8 Å². The van der Waals surface area contributed by atoms with E-state index in [-0.39, 0.29) is 17.2 Å². The fraction of sp³-hybridized carbons (Fsp3) is 0.200.